The van der Waals surface area contributed by atoms with Crippen LogP contribution in [0, 0.1) is 0 Å². The molecule has 328 valence electrons. The Labute approximate surface area is 385 Å². The number of hydrogen-bond acceptors (Lipinski definition) is 12. The van der Waals surface area contributed by atoms with Crippen molar-refractivity contribution in [3.05, 3.63) is 213 Å². The number of hydrogen-bond donors (Lipinski definition) is 2. The number of fused-ring (bicyclic) bond motifs is 1. The van der Waals surface area contributed by atoms with Gasteiger partial charge in [0.25, 0.3) is 11.8 Å². The number of nitrogens with zero attached hydrogens (tertiary/aromatic N) is 3. The zero-order valence-electron chi connectivity index (χ0n) is 35.8. The largest absolute Gasteiger partial charge is 0.458 e. The Hall–Kier alpha value is -7.29. The van der Waals surface area contributed by atoms with Gasteiger partial charge in [0.1, 0.15) is 42.1 Å². The number of oxime groups is 1. The number of rotatable bonds is 16. The summed E-state index contributed by atoms with van der Waals surface area (Å²) in [6, 6.07) is 47.7. The zero-order valence-corrected chi connectivity index (χ0v) is 37.4. The van der Waals surface area contributed by atoms with Crippen molar-refractivity contribution in [2.45, 2.75) is 36.9 Å². The first-order valence-electron chi connectivity index (χ1n) is 20.8. The third-order valence-corrected chi connectivity index (χ3v) is 13.2. The van der Waals surface area contributed by atoms with Crippen LogP contribution in [0.2, 0.25) is 0 Å². The van der Waals surface area contributed by atoms with Crippen LogP contribution in [0.15, 0.2) is 185 Å². The summed E-state index contributed by atoms with van der Waals surface area (Å²) in [7, 11) is 1.32. The second-order valence-electron chi connectivity index (χ2n) is 15.1. The molecular formula is C51H45N5O7S2. The van der Waals surface area contributed by atoms with Crippen LogP contribution in [0.4, 0.5) is 5.13 Å². The molecule has 1 saturated heterocycles. The highest BCUT2D eigenvalue weighted by atomic mass is 32.2. The van der Waals surface area contributed by atoms with Gasteiger partial charge in [0.2, 0.25) is 0 Å². The third-order valence-electron chi connectivity index (χ3n) is 11.1. The fourth-order valence-electron chi connectivity index (χ4n) is 7.80. The molecule has 2 atom stereocenters. The van der Waals surface area contributed by atoms with E-state index in [1.807, 2.05) is 115 Å². The van der Waals surface area contributed by atoms with Gasteiger partial charge in [-0.25, -0.2) is 14.6 Å². The number of benzene rings is 5. The zero-order chi connectivity index (χ0) is 45.3. The summed E-state index contributed by atoms with van der Waals surface area (Å²) in [5, 5.41) is 12.1. The molecule has 65 heavy (non-hydrogen) atoms. The molecule has 2 amide bonds. The number of anilines is 1. The van der Waals surface area contributed by atoms with E-state index in [0.29, 0.717) is 16.3 Å². The molecule has 5 aromatic carbocycles. The number of thioether (sulfide) groups is 1. The van der Waals surface area contributed by atoms with Crippen LogP contribution in [0.25, 0.3) is 0 Å². The van der Waals surface area contributed by atoms with Gasteiger partial charge in [0.15, 0.2) is 16.9 Å². The van der Waals surface area contributed by atoms with Gasteiger partial charge in [-0.3, -0.25) is 14.5 Å². The number of carbonyl (C=O) groups is 4. The molecule has 14 heteroatoms. The third kappa shape index (κ3) is 9.22. The maximum absolute atomic E-state index is 14.4. The monoisotopic (exact) mass is 903 g/mol. The number of carbonyl (C=O) groups excluding carboxylic acids is 4. The van der Waals surface area contributed by atoms with Crippen molar-refractivity contribution < 1.29 is 33.5 Å². The van der Waals surface area contributed by atoms with E-state index in [-0.39, 0.29) is 29.5 Å². The molecule has 8 rings (SSSR count). The van der Waals surface area contributed by atoms with Crippen LogP contribution in [0.1, 0.15) is 53.5 Å². The fraction of sp³-hybridized carbons (Fsp3) is 0.176. The number of esters is 2. The minimum Gasteiger partial charge on any atom is -0.458 e. The van der Waals surface area contributed by atoms with Crippen LogP contribution in [0.3, 0.4) is 0 Å². The lowest BCUT2D eigenvalue weighted by atomic mass is 9.77. The van der Waals surface area contributed by atoms with E-state index in [9.17, 15) is 19.2 Å². The van der Waals surface area contributed by atoms with Crippen molar-refractivity contribution in [2.75, 3.05) is 24.8 Å². The molecule has 0 saturated carbocycles. The summed E-state index contributed by atoms with van der Waals surface area (Å²) >= 11 is 2.61. The summed E-state index contributed by atoms with van der Waals surface area (Å²) in [6.45, 7) is 3.11. The van der Waals surface area contributed by atoms with Gasteiger partial charge < -0.3 is 24.9 Å². The molecule has 0 radical (unpaired) electrons. The molecule has 3 heterocycles. The highest BCUT2D eigenvalue weighted by Gasteiger charge is 2.55. The van der Waals surface area contributed by atoms with Gasteiger partial charge >= 0.3 is 11.9 Å². The van der Waals surface area contributed by atoms with Gasteiger partial charge in [-0.1, -0.05) is 163 Å². The summed E-state index contributed by atoms with van der Waals surface area (Å²) in [5.41, 5.74) is 4.31. The number of nitrogens with one attached hydrogen (secondary N) is 2. The highest BCUT2D eigenvalue weighted by Crippen LogP contribution is 2.43. The molecule has 2 N–H and O–H groups in total. The Kier molecular flexibility index (Phi) is 13.7. The fourth-order valence-corrected chi connectivity index (χ4v) is 9.88. The van der Waals surface area contributed by atoms with Crippen molar-refractivity contribution >= 4 is 57.7 Å². The number of allylic oxidation sites excluding steroid dienone is 1. The average Bonchev–Trinajstić information content (AvgIpc) is 3.83. The molecular weight excluding hydrogens is 859 g/mol. The SMILES string of the molecule is C/C=C(/C)C(=O)OCC1=C(C(=O)OC(c2ccccc2)c2ccccc2)N2C(=O)[C@@H](NC(=O)/C(=N\OC)c3csc(NC(c4ccccc4)(c4ccccc4)c4ccccc4)n3)[C@H]2SC1. The van der Waals surface area contributed by atoms with Gasteiger partial charge in [0, 0.05) is 22.3 Å². The maximum atomic E-state index is 14.4. The Morgan fingerprint density at radius 3 is 1.86 bits per heavy atom. The van der Waals surface area contributed by atoms with E-state index < -0.39 is 46.8 Å². The van der Waals surface area contributed by atoms with Crippen LogP contribution in [-0.2, 0) is 39.0 Å². The lowest BCUT2D eigenvalue weighted by molar-refractivity contribution is -0.154. The van der Waals surface area contributed by atoms with Gasteiger partial charge in [-0.05, 0) is 41.7 Å². The van der Waals surface area contributed by atoms with Crippen LogP contribution < -0.4 is 10.6 Å². The molecule has 1 fully saturated rings. The number of amides is 2. The first kappa shape index (κ1) is 44.3. The molecule has 2 aliphatic rings. The van der Waals surface area contributed by atoms with Crippen molar-refractivity contribution in [3.63, 3.8) is 0 Å². The predicted octanol–water partition coefficient (Wildman–Crippen LogP) is 8.39. The maximum Gasteiger partial charge on any atom is 0.356 e. The predicted molar refractivity (Wildman–Crippen MR) is 252 cm³/mol. The number of ether oxygens (including phenoxy) is 2. The lowest BCUT2D eigenvalue weighted by Gasteiger charge is -2.49. The van der Waals surface area contributed by atoms with Crippen molar-refractivity contribution in [3.8, 4) is 0 Å². The molecule has 0 spiro atoms. The Morgan fingerprint density at radius 2 is 1.35 bits per heavy atom. The highest BCUT2D eigenvalue weighted by molar-refractivity contribution is 8.00. The average molecular weight is 904 g/mol. The lowest BCUT2D eigenvalue weighted by Crippen LogP contribution is -2.71. The van der Waals surface area contributed by atoms with Crippen molar-refractivity contribution in [1.29, 1.82) is 0 Å². The van der Waals surface area contributed by atoms with E-state index >= 15 is 0 Å². The summed E-state index contributed by atoms with van der Waals surface area (Å²) < 4.78 is 11.8. The number of aromatic nitrogens is 1. The summed E-state index contributed by atoms with van der Waals surface area (Å²) in [5.74, 6) is -2.38. The normalized spacial score (nSPS) is 16.3. The Balaban J connectivity index is 1.06. The van der Waals surface area contributed by atoms with E-state index in [1.165, 1.54) is 35.1 Å². The summed E-state index contributed by atoms with van der Waals surface area (Å²) in [4.78, 5) is 67.0. The first-order chi connectivity index (χ1) is 31.7. The van der Waals surface area contributed by atoms with E-state index in [1.54, 1.807) is 25.3 Å². The minimum atomic E-state index is -1.05. The van der Waals surface area contributed by atoms with Gasteiger partial charge in [-0.15, -0.1) is 23.1 Å². The molecule has 0 bridgehead atoms. The minimum absolute atomic E-state index is 0.0354. The summed E-state index contributed by atoms with van der Waals surface area (Å²) in [6.07, 6.45) is 0.820. The van der Waals surface area contributed by atoms with Crippen LogP contribution in [0.5, 0.6) is 0 Å². The van der Waals surface area contributed by atoms with E-state index in [4.69, 9.17) is 19.3 Å². The number of thiazole rings is 1. The first-order valence-corrected chi connectivity index (χ1v) is 22.8. The quantitative estimate of drug-likeness (QED) is 0.0242. The topological polar surface area (TPSA) is 149 Å². The molecule has 2 aliphatic heterocycles. The molecule has 6 aromatic rings. The van der Waals surface area contributed by atoms with E-state index in [2.05, 4.69) is 52.2 Å². The second-order valence-corrected chi connectivity index (χ2v) is 17.1. The van der Waals surface area contributed by atoms with Gasteiger partial charge in [0.05, 0.1) is 0 Å². The van der Waals surface area contributed by atoms with Gasteiger partial charge in [-0.2, -0.15) is 0 Å². The van der Waals surface area contributed by atoms with Crippen LogP contribution >= 0.6 is 23.1 Å². The Bertz CT molecular complexity index is 2610. The molecule has 1 aromatic heterocycles. The second kappa shape index (κ2) is 20.0. The smallest absolute Gasteiger partial charge is 0.356 e. The van der Waals surface area contributed by atoms with Crippen LogP contribution in [-0.4, -0.2) is 70.2 Å². The Morgan fingerprint density at radius 1 is 0.831 bits per heavy atom. The molecule has 0 aliphatic carbocycles. The van der Waals surface area contributed by atoms with Crippen molar-refractivity contribution in [2.24, 2.45) is 5.16 Å². The van der Waals surface area contributed by atoms with Crippen molar-refractivity contribution in [1.82, 2.24) is 15.2 Å². The number of β-lactam (4-membered cyclic amide) rings is 1. The molecule has 0 unspecified atom stereocenters. The molecule has 12 nitrogen and oxygen atoms in total. The van der Waals surface area contributed by atoms with E-state index in [0.717, 1.165) is 27.8 Å². The standard InChI is InChI=1S/C51H45N5O7S2/c1-4-33(2)48(59)62-30-36-31-64-47-42(46(58)56(47)43(36)49(60)63-44(34-20-10-5-11-21-34)35-22-12-6-13-23-35)53-45(57)41(55-61-3)40-32-65-50(52-40)54-51(37-24-14-7-15-25-37,38-26-16-8-17-27-38)39-28-18-9-19-29-39/h4-29,32,42,44,47H,30-31H2,1-3H3,(H,52,54)(H,53,57)/b33-4-,55-41-/t42-,47-/m1/s1.